The number of hydrogen-bond donors (Lipinski definition) is 0. The van der Waals surface area contributed by atoms with Crippen LogP contribution in [0.4, 0.5) is 9.18 Å². The molecule has 0 bridgehead atoms. The van der Waals surface area contributed by atoms with Gasteiger partial charge < -0.3 is 4.90 Å². The van der Waals surface area contributed by atoms with Crippen molar-refractivity contribution in [3.8, 4) is 0 Å². The summed E-state index contributed by atoms with van der Waals surface area (Å²) in [5.41, 5.74) is 3.48. The highest BCUT2D eigenvalue weighted by Gasteiger charge is 2.50. The number of halogens is 1. The summed E-state index contributed by atoms with van der Waals surface area (Å²) in [4.78, 5) is 16.4. The fourth-order valence-corrected chi connectivity index (χ4v) is 4.38. The standard InChI is InChI=1S/C21H21FN4O/c22-18-12-19(16-7-2-1-3-8-16)26-20(18)25(14-23-26)21(27)24-11-10-15-6-4-5-9-17(15)13-24/h1-9,14,18-20H,10-13H2. The van der Waals surface area contributed by atoms with Gasteiger partial charge in [0.25, 0.3) is 0 Å². The van der Waals surface area contributed by atoms with Crippen molar-refractivity contribution in [2.75, 3.05) is 6.54 Å². The van der Waals surface area contributed by atoms with Gasteiger partial charge in [0.1, 0.15) is 12.5 Å². The van der Waals surface area contributed by atoms with Crippen molar-refractivity contribution >= 4 is 12.4 Å². The summed E-state index contributed by atoms with van der Waals surface area (Å²) in [6.07, 6.45) is 0.888. The van der Waals surface area contributed by atoms with Crippen LogP contribution in [-0.4, -0.2) is 46.1 Å². The Bertz CT molecular complexity index is 887. The zero-order valence-corrected chi connectivity index (χ0v) is 14.9. The molecular weight excluding hydrogens is 343 g/mol. The van der Waals surface area contributed by atoms with E-state index in [4.69, 9.17) is 0 Å². The molecule has 2 aromatic rings. The minimum atomic E-state index is -1.13. The Balaban J connectivity index is 1.35. The molecule has 138 valence electrons. The average Bonchev–Trinajstić information content (AvgIpc) is 3.29. The molecule has 2 amide bonds. The van der Waals surface area contributed by atoms with E-state index in [0.717, 1.165) is 17.5 Å². The second-order valence-electron chi connectivity index (χ2n) is 7.33. The highest BCUT2D eigenvalue weighted by atomic mass is 19.1. The van der Waals surface area contributed by atoms with E-state index in [0.29, 0.717) is 19.5 Å². The Hall–Kier alpha value is -2.89. The zero-order valence-electron chi connectivity index (χ0n) is 14.9. The van der Waals surface area contributed by atoms with Gasteiger partial charge in [-0.05, 0) is 23.1 Å². The summed E-state index contributed by atoms with van der Waals surface area (Å²) >= 11 is 0. The highest BCUT2D eigenvalue weighted by Crippen LogP contribution is 2.41. The van der Waals surface area contributed by atoms with E-state index in [1.165, 1.54) is 16.8 Å². The minimum Gasteiger partial charge on any atom is -0.320 e. The van der Waals surface area contributed by atoms with Crippen molar-refractivity contribution in [2.24, 2.45) is 5.10 Å². The summed E-state index contributed by atoms with van der Waals surface area (Å²) < 4.78 is 14.9. The maximum atomic E-state index is 14.9. The van der Waals surface area contributed by atoms with E-state index < -0.39 is 12.3 Å². The van der Waals surface area contributed by atoms with Gasteiger partial charge in [-0.15, -0.1) is 0 Å². The molecule has 1 saturated heterocycles. The van der Waals surface area contributed by atoms with E-state index in [2.05, 4.69) is 17.2 Å². The molecule has 27 heavy (non-hydrogen) atoms. The van der Waals surface area contributed by atoms with Gasteiger partial charge in [0.2, 0.25) is 0 Å². The fourth-order valence-electron chi connectivity index (χ4n) is 4.38. The average molecular weight is 364 g/mol. The maximum absolute atomic E-state index is 14.9. The lowest BCUT2D eigenvalue weighted by molar-refractivity contribution is 0.0920. The third kappa shape index (κ3) is 2.67. The van der Waals surface area contributed by atoms with Crippen LogP contribution in [0.3, 0.4) is 0 Å². The van der Waals surface area contributed by atoms with E-state index in [1.807, 2.05) is 42.5 Å². The minimum absolute atomic E-state index is 0.137. The quantitative estimate of drug-likeness (QED) is 0.776. The van der Waals surface area contributed by atoms with Crippen molar-refractivity contribution in [3.63, 3.8) is 0 Å². The topological polar surface area (TPSA) is 39.2 Å². The van der Waals surface area contributed by atoms with Gasteiger partial charge in [0, 0.05) is 19.5 Å². The van der Waals surface area contributed by atoms with E-state index in [1.54, 1.807) is 9.91 Å². The molecule has 3 aliphatic heterocycles. The lowest BCUT2D eigenvalue weighted by Gasteiger charge is -2.34. The second kappa shape index (κ2) is 6.37. The number of urea groups is 1. The van der Waals surface area contributed by atoms with Gasteiger partial charge in [0.15, 0.2) is 6.17 Å². The highest BCUT2D eigenvalue weighted by molar-refractivity contribution is 5.88. The smallest absolute Gasteiger partial charge is 0.320 e. The predicted octanol–water partition coefficient (Wildman–Crippen LogP) is 3.53. The summed E-state index contributed by atoms with van der Waals surface area (Å²) in [6.45, 7) is 1.21. The summed E-state index contributed by atoms with van der Waals surface area (Å²) in [5.74, 6) is 0. The van der Waals surface area contributed by atoms with Crippen LogP contribution >= 0.6 is 0 Å². The molecule has 3 unspecified atom stereocenters. The number of carbonyl (C=O) groups is 1. The number of nitrogens with zero attached hydrogens (tertiary/aromatic N) is 4. The van der Waals surface area contributed by atoms with Crippen LogP contribution in [-0.2, 0) is 13.0 Å². The van der Waals surface area contributed by atoms with Crippen molar-refractivity contribution < 1.29 is 9.18 Å². The van der Waals surface area contributed by atoms with Gasteiger partial charge in [0.05, 0.1) is 6.04 Å². The summed E-state index contributed by atoms with van der Waals surface area (Å²) in [6, 6.07) is 17.7. The molecule has 3 atom stereocenters. The molecule has 0 saturated carbocycles. The summed E-state index contributed by atoms with van der Waals surface area (Å²) in [5, 5.41) is 6.14. The molecule has 6 heteroatoms. The van der Waals surface area contributed by atoms with Crippen LogP contribution in [0.1, 0.15) is 29.2 Å². The Morgan fingerprint density at radius 2 is 1.78 bits per heavy atom. The molecule has 0 N–H and O–H groups in total. The predicted molar refractivity (Wildman–Crippen MR) is 101 cm³/mol. The van der Waals surface area contributed by atoms with Crippen molar-refractivity contribution in [2.45, 2.75) is 37.8 Å². The van der Waals surface area contributed by atoms with Crippen LogP contribution in [0.5, 0.6) is 0 Å². The molecule has 5 rings (SSSR count). The molecule has 3 heterocycles. The third-order valence-corrected chi connectivity index (χ3v) is 5.76. The Morgan fingerprint density at radius 3 is 2.59 bits per heavy atom. The van der Waals surface area contributed by atoms with Crippen molar-refractivity contribution in [1.29, 1.82) is 0 Å². The van der Waals surface area contributed by atoms with E-state index in [-0.39, 0.29) is 12.1 Å². The lowest BCUT2D eigenvalue weighted by atomic mass is 10.0. The van der Waals surface area contributed by atoms with Gasteiger partial charge in [-0.1, -0.05) is 54.6 Å². The number of rotatable bonds is 1. The van der Waals surface area contributed by atoms with Crippen LogP contribution < -0.4 is 0 Å². The van der Waals surface area contributed by atoms with Crippen LogP contribution in [0.2, 0.25) is 0 Å². The molecule has 2 aromatic carbocycles. The van der Waals surface area contributed by atoms with Gasteiger partial charge in [-0.2, -0.15) is 5.10 Å². The zero-order chi connectivity index (χ0) is 18.4. The van der Waals surface area contributed by atoms with Crippen LogP contribution in [0, 0.1) is 0 Å². The third-order valence-electron chi connectivity index (χ3n) is 5.76. The largest absolute Gasteiger partial charge is 0.327 e. The first-order valence-corrected chi connectivity index (χ1v) is 9.38. The van der Waals surface area contributed by atoms with E-state index in [9.17, 15) is 9.18 Å². The first-order chi connectivity index (χ1) is 13.2. The Labute approximate surface area is 157 Å². The second-order valence-corrected chi connectivity index (χ2v) is 7.33. The molecule has 5 nitrogen and oxygen atoms in total. The molecule has 0 spiro atoms. The van der Waals surface area contributed by atoms with Gasteiger partial charge >= 0.3 is 6.03 Å². The molecular formula is C21H21FN4O. The number of alkyl halides is 1. The Kier molecular flexibility index (Phi) is 3.85. The van der Waals surface area contributed by atoms with Crippen LogP contribution in [0.15, 0.2) is 59.7 Å². The summed E-state index contributed by atoms with van der Waals surface area (Å²) in [7, 11) is 0. The SMILES string of the molecule is O=C(N1CCc2ccccc2C1)N1C=NN2C(c3ccccc3)CC(F)C12. The first kappa shape index (κ1) is 16.3. The van der Waals surface area contributed by atoms with E-state index >= 15 is 0 Å². The first-order valence-electron chi connectivity index (χ1n) is 9.38. The maximum Gasteiger partial charge on any atom is 0.327 e. The fraction of sp³-hybridized carbons (Fsp3) is 0.333. The van der Waals surface area contributed by atoms with Crippen molar-refractivity contribution in [1.82, 2.24) is 14.8 Å². The molecule has 3 aliphatic rings. The number of carbonyl (C=O) groups excluding carboxylic acids is 1. The molecule has 0 aromatic heterocycles. The Morgan fingerprint density at radius 1 is 1.04 bits per heavy atom. The molecule has 1 fully saturated rings. The number of benzene rings is 2. The number of amides is 2. The molecule has 0 radical (unpaired) electrons. The number of hydrazone groups is 1. The number of fused-ring (bicyclic) bond motifs is 2. The van der Waals surface area contributed by atoms with Gasteiger partial charge in [-0.3, -0.25) is 9.91 Å². The normalized spacial score (nSPS) is 26.3. The monoisotopic (exact) mass is 364 g/mol. The molecule has 0 aliphatic carbocycles. The van der Waals surface area contributed by atoms with Gasteiger partial charge in [-0.25, -0.2) is 9.18 Å². The van der Waals surface area contributed by atoms with Crippen molar-refractivity contribution in [3.05, 3.63) is 71.3 Å². The lowest BCUT2D eigenvalue weighted by Crippen LogP contribution is -2.51. The number of hydrogen-bond acceptors (Lipinski definition) is 3. The van der Waals surface area contributed by atoms with Crippen LogP contribution in [0.25, 0.3) is 0 Å².